The van der Waals surface area contributed by atoms with Crippen LogP contribution in [0.4, 0.5) is 0 Å². The molecule has 0 aromatic heterocycles. The Balaban J connectivity index is 4.33. The zero-order chi connectivity index (χ0) is 12.6. The topological polar surface area (TPSA) is 38.3 Å². The van der Waals surface area contributed by atoms with E-state index in [-0.39, 0.29) is 11.5 Å². The smallest absolute Gasteiger partial charge is 0.307 e. The standard InChI is InChI=1S/C13H27NO2/c1-6-8-14-13(5,9-11(3)4)10-12(15)16-7-2/h11,14H,6-10H2,1-5H3. The number of carbonyl (C=O) groups is 1. The van der Waals surface area contributed by atoms with Gasteiger partial charge >= 0.3 is 5.97 Å². The molecule has 0 aromatic rings. The monoisotopic (exact) mass is 229 g/mol. The Hall–Kier alpha value is -0.570. The number of carbonyl (C=O) groups excluding carboxylic acids is 1. The Morgan fingerprint density at radius 3 is 2.44 bits per heavy atom. The van der Waals surface area contributed by atoms with Crippen molar-refractivity contribution in [2.45, 2.75) is 59.4 Å². The molecule has 0 bridgehead atoms. The van der Waals surface area contributed by atoms with Crippen molar-refractivity contribution in [3.63, 3.8) is 0 Å². The van der Waals surface area contributed by atoms with Gasteiger partial charge < -0.3 is 10.1 Å². The molecule has 0 saturated heterocycles. The van der Waals surface area contributed by atoms with Crippen LogP contribution in [-0.2, 0) is 9.53 Å². The third kappa shape index (κ3) is 6.83. The molecule has 0 heterocycles. The molecule has 0 radical (unpaired) electrons. The number of rotatable bonds is 8. The fraction of sp³-hybridized carbons (Fsp3) is 0.923. The summed E-state index contributed by atoms with van der Waals surface area (Å²) >= 11 is 0. The number of nitrogens with one attached hydrogen (secondary N) is 1. The van der Waals surface area contributed by atoms with E-state index in [9.17, 15) is 4.79 Å². The molecule has 0 spiro atoms. The van der Waals surface area contributed by atoms with Gasteiger partial charge in [-0.3, -0.25) is 4.79 Å². The summed E-state index contributed by atoms with van der Waals surface area (Å²) < 4.78 is 5.02. The van der Waals surface area contributed by atoms with Crippen molar-refractivity contribution >= 4 is 5.97 Å². The second-order valence-corrected chi connectivity index (χ2v) is 5.07. The van der Waals surface area contributed by atoms with Crippen LogP contribution in [0, 0.1) is 5.92 Å². The van der Waals surface area contributed by atoms with Gasteiger partial charge in [0.1, 0.15) is 0 Å². The van der Waals surface area contributed by atoms with Crippen molar-refractivity contribution in [3.05, 3.63) is 0 Å². The van der Waals surface area contributed by atoms with Gasteiger partial charge in [0.2, 0.25) is 0 Å². The van der Waals surface area contributed by atoms with Crippen LogP contribution >= 0.6 is 0 Å². The average molecular weight is 229 g/mol. The van der Waals surface area contributed by atoms with Gasteiger partial charge in [-0.15, -0.1) is 0 Å². The van der Waals surface area contributed by atoms with E-state index in [4.69, 9.17) is 4.74 Å². The normalized spacial score (nSPS) is 14.9. The molecule has 1 unspecified atom stereocenters. The Kier molecular flexibility index (Phi) is 7.39. The van der Waals surface area contributed by atoms with Crippen LogP contribution in [0.25, 0.3) is 0 Å². The maximum absolute atomic E-state index is 11.5. The van der Waals surface area contributed by atoms with Crippen molar-refractivity contribution in [1.29, 1.82) is 0 Å². The van der Waals surface area contributed by atoms with Crippen LogP contribution in [-0.4, -0.2) is 24.7 Å². The van der Waals surface area contributed by atoms with Crippen molar-refractivity contribution in [2.24, 2.45) is 5.92 Å². The van der Waals surface area contributed by atoms with E-state index >= 15 is 0 Å². The Labute approximate surface area is 99.9 Å². The summed E-state index contributed by atoms with van der Waals surface area (Å²) in [5.74, 6) is 0.470. The molecule has 3 nitrogen and oxygen atoms in total. The molecule has 0 saturated carbocycles. The number of hydrogen-bond donors (Lipinski definition) is 1. The Bertz CT molecular complexity index is 204. The van der Waals surface area contributed by atoms with E-state index in [0.717, 1.165) is 19.4 Å². The van der Waals surface area contributed by atoms with Gasteiger partial charge in [-0.2, -0.15) is 0 Å². The number of hydrogen-bond acceptors (Lipinski definition) is 3. The third-order valence-corrected chi connectivity index (χ3v) is 2.50. The highest BCUT2D eigenvalue weighted by Crippen LogP contribution is 2.21. The molecule has 0 aromatic carbocycles. The van der Waals surface area contributed by atoms with E-state index in [2.05, 4.69) is 33.0 Å². The summed E-state index contributed by atoms with van der Waals surface area (Å²) in [5.41, 5.74) is -0.129. The zero-order valence-electron chi connectivity index (χ0n) is 11.4. The highest BCUT2D eigenvalue weighted by atomic mass is 16.5. The number of ether oxygens (including phenoxy) is 1. The molecule has 0 amide bonds. The fourth-order valence-electron chi connectivity index (χ4n) is 2.07. The lowest BCUT2D eigenvalue weighted by molar-refractivity contribution is -0.144. The molecule has 0 aliphatic rings. The minimum Gasteiger partial charge on any atom is -0.466 e. The van der Waals surface area contributed by atoms with Gasteiger partial charge in [-0.25, -0.2) is 0 Å². The number of esters is 1. The molecule has 0 fully saturated rings. The zero-order valence-corrected chi connectivity index (χ0v) is 11.4. The largest absolute Gasteiger partial charge is 0.466 e. The highest BCUT2D eigenvalue weighted by molar-refractivity contribution is 5.70. The van der Waals surface area contributed by atoms with Crippen LogP contribution in [0.3, 0.4) is 0 Å². The highest BCUT2D eigenvalue weighted by Gasteiger charge is 2.28. The van der Waals surface area contributed by atoms with Crippen LogP contribution in [0.5, 0.6) is 0 Å². The maximum Gasteiger partial charge on any atom is 0.307 e. The van der Waals surface area contributed by atoms with Crippen molar-refractivity contribution in [3.8, 4) is 0 Å². The summed E-state index contributed by atoms with van der Waals surface area (Å²) in [5, 5.41) is 3.47. The van der Waals surface area contributed by atoms with Gasteiger partial charge in [0.05, 0.1) is 13.0 Å². The van der Waals surface area contributed by atoms with Crippen LogP contribution < -0.4 is 5.32 Å². The Morgan fingerprint density at radius 1 is 1.38 bits per heavy atom. The molecule has 0 rings (SSSR count). The maximum atomic E-state index is 11.5. The van der Waals surface area contributed by atoms with Crippen molar-refractivity contribution in [1.82, 2.24) is 5.32 Å². The first-order chi connectivity index (χ1) is 7.43. The molecule has 0 aliphatic carbocycles. The van der Waals surface area contributed by atoms with E-state index in [1.54, 1.807) is 0 Å². The van der Waals surface area contributed by atoms with Gasteiger partial charge in [-0.05, 0) is 39.2 Å². The molecular formula is C13H27NO2. The lowest BCUT2D eigenvalue weighted by Gasteiger charge is -2.31. The van der Waals surface area contributed by atoms with Crippen LogP contribution in [0.2, 0.25) is 0 Å². The second-order valence-electron chi connectivity index (χ2n) is 5.07. The van der Waals surface area contributed by atoms with Crippen LogP contribution in [0.1, 0.15) is 53.9 Å². The lowest BCUT2D eigenvalue weighted by Crippen LogP contribution is -2.45. The van der Waals surface area contributed by atoms with E-state index in [1.165, 1.54) is 0 Å². The predicted molar refractivity (Wildman–Crippen MR) is 67.4 cm³/mol. The molecule has 1 atom stereocenters. The quantitative estimate of drug-likeness (QED) is 0.650. The third-order valence-electron chi connectivity index (χ3n) is 2.50. The Morgan fingerprint density at radius 2 is 2.00 bits per heavy atom. The van der Waals surface area contributed by atoms with E-state index in [1.807, 2.05) is 6.92 Å². The molecule has 96 valence electrons. The van der Waals surface area contributed by atoms with E-state index < -0.39 is 0 Å². The minimum absolute atomic E-state index is 0.103. The summed E-state index contributed by atoms with van der Waals surface area (Å²) in [6.45, 7) is 11.9. The minimum atomic E-state index is -0.129. The summed E-state index contributed by atoms with van der Waals surface area (Å²) in [7, 11) is 0. The molecule has 16 heavy (non-hydrogen) atoms. The summed E-state index contributed by atoms with van der Waals surface area (Å²) in [6.07, 6.45) is 2.53. The van der Waals surface area contributed by atoms with Crippen molar-refractivity contribution < 1.29 is 9.53 Å². The van der Waals surface area contributed by atoms with E-state index in [0.29, 0.717) is 18.9 Å². The van der Waals surface area contributed by atoms with Gasteiger partial charge in [-0.1, -0.05) is 20.8 Å². The van der Waals surface area contributed by atoms with Gasteiger partial charge in [0.25, 0.3) is 0 Å². The van der Waals surface area contributed by atoms with Crippen molar-refractivity contribution in [2.75, 3.05) is 13.2 Å². The lowest BCUT2D eigenvalue weighted by atomic mass is 9.87. The first kappa shape index (κ1) is 15.4. The second kappa shape index (κ2) is 7.66. The molecule has 0 aliphatic heterocycles. The molecule has 3 heteroatoms. The SMILES string of the molecule is CCCNC(C)(CC(=O)OCC)CC(C)C. The average Bonchev–Trinajstić information content (AvgIpc) is 2.13. The van der Waals surface area contributed by atoms with Gasteiger partial charge in [0.15, 0.2) is 0 Å². The molecular weight excluding hydrogens is 202 g/mol. The summed E-state index contributed by atoms with van der Waals surface area (Å²) in [6, 6.07) is 0. The first-order valence-electron chi connectivity index (χ1n) is 6.34. The van der Waals surface area contributed by atoms with Gasteiger partial charge in [0, 0.05) is 5.54 Å². The molecule has 1 N–H and O–H groups in total. The summed E-state index contributed by atoms with van der Waals surface area (Å²) in [4.78, 5) is 11.5. The predicted octanol–water partition coefficient (Wildman–Crippen LogP) is 2.74. The van der Waals surface area contributed by atoms with Crippen LogP contribution in [0.15, 0.2) is 0 Å². The first-order valence-corrected chi connectivity index (χ1v) is 6.34. The fourth-order valence-corrected chi connectivity index (χ4v) is 2.07.